The molecule has 146 valence electrons. The van der Waals surface area contributed by atoms with E-state index >= 15 is 0 Å². The molecule has 2 fully saturated rings. The van der Waals surface area contributed by atoms with Crippen molar-refractivity contribution in [3.05, 3.63) is 47.4 Å². The van der Waals surface area contributed by atoms with Crippen LogP contribution in [0.2, 0.25) is 0 Å². The SMILES string of the molecule is NCc1ccccc1CC12CCCCN1C=C(N1CCCC(N)C1)NC2=O. The van der Waals surface area contributed by atoms with Crippen LogP contribution in [0, 0.1) is 0 Å². The quantitative estimate of drug-likeness (QED) is 0.744. The van der Waals surface area contributed by atoms with Crippen molar-refractivity contribution < 1.29 is 4.79 Å². The molecule has 2 saturated heterocycles. The summed E-state index contributed by atoms with van der Waals surface area (Å²) in [5.41, 5.74) is 13.9. The Hall–Kier alpha value is -2.05. The van der Waals surface area contributed by atoms with Crippen molar-refractivity contribution in [2.75, 3.05) is 19.6 Å². The summed E-state index contributed by atoms with van der Waals surface area (Å²) in [6.07, 6.45) is 8.08. The molecule has 0 aromatic heterocycles. The van der Waals surface area contributed by atoms with Gasteiger partial charge in [-0.05, 0) is 43.2 Å². The Morgan fingerprint density at radius 2 is 1.96 bits per heavy atom. The van der Waals surface area contributed by atoms with Crippen LogP contribution in [-0.2, 0) is 17.8 Å². The summed E-state index contributed by atoms with van der Waals surface area (Å²) in [7, 11) is 0. The second-order valence-electron chi connectivity index (χ2n) is 8.15. The van der Waals surface area contributed by atoms with Crippen molar-refractivity contribution in [2.24, 2.45) is 11.5 Å². The van der Waals surface area contributed by atoms with E-state index in [1.807, 2.05) is 12.1 Å². The Labute approximate surface area is 161 Å². The molecular formula is C21H31N5O. The van der Waals surface area contributed by atoms with Crippen molar-refractivity contribution in [3.8, 4) is 0 Å². The highest BCUT2D eigenvalue weighted by molar-refractivity contribution is 5.89. The summed E-state index contributed by atoms with van der Waals surface area (Å²) in [5, 5.41) is 3.22. The monoisotopic (exact) mass is 369 g/mol. The van der Waals surface area contributed by atoms with Gasteiger partial charge in [0, 0.05) is 44.8 Å². The number of nitrogens with two attached hydrogens (primary N) is 2. The standard InChI is InChI=1S/C21H31N5O/c22-13-17-7-2-1-6-16(17)12-21-9-3-4-11-26(21)15-19(24-20(21)27)25-10-5-8-18(23)14-25/h1-2,6-7,15,18H,3-5,8-14,22-23H2,(H,24,27). The maximum absolute atomic E-state index is 13.4. The molecule has 6 nitrogen and oxygen atoms in total. The zero-order valence-electron chi connectivity index (χ0n) is 16.0. The van der Waals surface area contributed by atoms with Crippen LogP contribution in [-0.4, -0.2) is 46.9 Å². The van der Waals surface area contributed by atoms with Gasteiger partial charge in [0.1, 0.15) is 11.4 Å². The van der Waals surface area contributed by atoms with Gasteiger partial charge < -0.3 is 26.6 Å². The molecule has 0 radical (unpaired) electrons. The first-order valence-corrected chi connectivity index (χ1v) is 10.2. The van der Waals surface area contributed by atoms with Crippen LogP contribution in [0.15, 0.2) is 36.3 Å². The van der Waals surface area contributed by atoms with E-state index in [4.69, 9.17) is 11.5 Å². The van der Waals surface area contributed by atoms with Crippen molar-refractivity contribution in [1.29, 1.82) is 0 Å². The van der Waals surface area contributed by atoms with Gasteiger partial charge in [0.25, 0.3) is 5.91 Å². The van der Waals surface area contributed by atoms with Crippen LogP contribution >= 0.6 is 0 Å². The van der Waals surface area contributed by atoms with Crippen LogP contribution in [0.5, 0.6) is 0 Å². The molecule has 6 heteroatoms. The molecule has 2 atom stereocenters. The molecule has 0 spiro atoms. The summed E-state index contributed by atoms with van der Waals surface area (Å²) < 4.78 is 0. The Morgan fingerprint density at radius 1 is 1.15 bits per heavy atom. The van der Waals surface area contributed by atoms with E-state index in [-0.39, 0.29) is 11.9 Å². The topological polar surface area (TPSA) is 87.6 Å². The van der Waals surface area contributed by atoms with Gasteiger partial charge in [-0.3, -0.25) is 4.79 Å². The number of piperidine rings is 2. The van der Waals surface area contributed by atoms with Gasteiger partial charge in [0.05, 0.1) is 0 Å². The molecule has 0 aliphatic carbocycles. The summed E-state index contributed by atoms with van der Waals surface area (Å²) in [4.78, 5) is 17.9. The molecule has 1 aromatic carbocycles. The molecule has 27 heavy (non-hydrogen) atoms. The van der Waals surface area contributed by atoms with Gasteiger partial charge >= 0.3 is 0 Å². The fraction of sp³-hybridized carbons (Fsp3) is 0.571. The van der Waals surface area contributed by atoms with Gasteiger partial charge in [-0.2, -0.15) is 0 Å². The van der Waals surface area contributed by atoms with E-state index in [0.29, 0.717) is 13.0 Å². The third kappa shape index (κ3) is 3.44. The molecule has 5 N–H and O–H groups in total. The molecule has 0 saturated carbocycles. The molecule has 2 unspecified atom stereocenters. The molecule has 1 aromatic rings. The van der Waals surface area contributed by atoms with Gasteiger partial charge in [0.15, 0.2) is 0 Å². The first-order chi connectivity index (χ1) is 13.1. The van der Waals surface area contributed by atoms with Crippen LogP contribution < -0.4 is 16.8 Å². The molecule has 3 heterocycles. The number of benzene rings is 1. The van der Waals surface area contributed by atoms with Gasteiger partial charge in [-0.25, -0.2) is 0 Å². The first-order valence-electron chi connectivity index (χ1n) is 10.2. The Bertz CT molecular complexity index is 733. The van der Waals surface area contributed by atoms with Crippen LogP contribution in [0.25, 0.3) is 0 Å². The van der Waals surface area contributed by atoms with Gasteiger partial charge in [0.2, 0.25) is 0 Å². The average molecular weight is 370 g/mol. The molecule has 1 amide bonds. The van der Waals surface area contributed by atoms with Gasteiger partial charge in [-0.1, -0.05) is 24.3 Å². The predicted molar refractivity (Wildman–Crippen MR) is 106 cm³/mol. The lowest BCUT2D eigenvalue weighted by atomic mass is 9.78. The van der Waals surface area contributed by atoms with Crippen molar-refractivity contribution in [1.82, 2.24) is 15.1 Å². The number of fused-ring (bicyclic) bond motifs is 1. The van der Waals surface area contributed by atoms with Crippen LogP contribution in [0.4, 0.5) is 0 Å². The second kappa shape index (κ2) is 7.52. The number of nitrogens with zero attached hydrogens (tertiary/aromatic N) is 2. The maximum Gasteiger partial charge on any atom is 0.251 e. The predicted octanol–water partition coefficient (Wildman–Crippen LogP) is 1.26. The molecule has 3 aliphatic rings. The largest absolute Gasteiger partial charge is 0.360 e. The number of hydrogen-bond donors (Lipinski definition) is 3. The molecule has 3 aliphatic heterocycles. The Balaban J connectivity index is 1.64. The fourth-order valence-corrected chi connectivity index (χ4v) is 4.81. The van der Waals surface area contributed by atoms with E-state index in [0.717, 1.165) is 63.1 Å². The van der Waals surface area contributed by atoms with E-state index < -0.39 is 5.54 Å². The maximum atomic E-state index is 13.4. The number of hydrogen-bond acceptors (Lipinski definition) is 5. The lowest BCUT2D eigenvalue weighted by Crippen LogP contribution is -2.64. The molecular weight excluding hydrogens is 338 g/mol. The van der Waals surface area contributed by atoms with E-state index in [1.165, 1.54) is 5.56 Å². The highest BCUT2D eigenvalue weighted by atomic mass is 16.2. The zero-order valence-corrected chi connectivity index (χ0v) is 16.0. The number of rotatable bonds is 4. The van der Waals surface area contributed by atoms with Crippen molar-refractivity contribution >= 4 is 5.91 Å². The summed E-state index contributed by atoms with van der Waals surface area (Å²) in [6.45, 7) is 3.18. The Morgan fingerprint density at radius 3 is 2.74 bits per heavy atom. The minimum absolute atomic E-state index is 0.116. The van der Waals surface area contributed by atoms with Crippen molar-refractivity contribution in [3.63, 3.8) is 0 Å². The Kier molecular flexibility index (Phi) is 5.10. The van der Waals surface area contributed by atoms with Crippen LogP contribution in [0.1, 0.15) is 43.2 Å². The lowest BCUT2D eigenvalue weighted by molar-refractivity contribution is -0.135. The number of amides is 1. The van der Waals surface area contributed by atoms with E-state index in [2.05, 4.69) is 33.4 Å². The average Bonchev–Trinajstić information content (AvgIpc) is 2.69. The highest BCUT2D eigenvalue weighted by Gasteiger charge is 2.48. The number of nitrogens with one attached hydrogen (secondary N) is 1. The third-order valence-electron chi connectivity index (χ3n) is 6.35. The smallest absolute Gasteiger partial charge is 0.251 e. The summed E-state index contributed by atoms with van der Waals surface area (Å²) in [6, 6.07) is 8.41. The first kappa shape index (κ1) is 18.3. The van der Waals surface area contributed by atoms with Crippen molar-refractivity contribution in [2.45, 2.75) is 56.7 Å². The normalized spacial score (nSPS) is 28.4. The van der Waals surface area contributed by atoms with E-state index in [1.54, 1.807) is 0 Å². The lowest BCUT2D eigenvalue weighted by Gasteiger charge is -2.50. The molecule has 4 rings (SSSR count). The summed E-state index contributed by atoms with van der Waals surface area (Å²) in [5.74, 6) is 1.03. The number of carbonyl (C=O) groups excluding carboxylic acids is 1. The number of carbonyl (C=O) groups is 1. The summed E-state index contributed by atoms with van der Waals surface area (Å²) >= 11 is 0. The third-order valence-corrected chi connectivity index (χ3v) is 6.35. The van der Waals surface area contributed by atoms with Crippen LogP contribution in [0.3, 0.4) is 0 Å². The number of likely N-dealkylation sites (tertiary alicyclic amines) is 1. The minimum Gasteiger partial charge on any atom is -0.360 e. The minimum atomic E-state index is -0.509. The fourth-order valence-electron chi connectivity index (χ4n) is 4.81. The second-order valence-corrected chi connectivity index (χ2v) is 8.15. The van der Waals surface area contributed by atoms with Gasteiger partial charge in [-0.15, -0.1) is 0 Å². The van der Waals surface area contributed by atoms with E-state index in [9.17, 15) is 4.79 Å². The highest BCUT2D eigenvalue weighted by Crippen LogP contribution is 2.36. The zero-order chi connectivity index (χ0) is 18.9. The molecule has 0 bridgehead atoms.